The van der Waals surface area contributed by atoms with Gasteiger partial charge >= 0.3 is 12.0 Å². The highest BCUT2D eigenvalue weighted by Gasteiger charge is 2.30. The van der Waals surface area contributed by atoms with Crippen molar-refractivity contribution in [1.82, 2.24) is 20.2 Å². The van der Waals surface area contributed by atoms with Gasteiger partial charge in [-0.25, -0.2) is 19.0 Å². The second kappa shape index (κ2) is 9.68. The van der Waals surface area contributed by atoms with Gasteiger partial charge in [0.05, 0.1) is 34.8 Å². The normalized spacial score (nSPS) is 15.8. The molecule has 2 N–H and O–H groups in total. The van der Waals surface area contributed by atoms with Crippen LogP contribution < -0.4 is 16.2 Å². The van der Waals surface area contributed by atoms with Crippen LogP contribution in [0.2, 0.25) is 0 Å². The van der Waals surface area contributed by atoms with E-state index in [2.05, 4.69) is 15.6 Å². The smallest absolute Gasteiger partial charge is 0.337 e. The van der Waals surface area contributed by atoms with Crippen LogP contribution in [0.3, 0.4) is 0 Å². The first-order chi connectivity index (χ1) is 16.3. The summed E-state index contributed by atoms with van der Waals surface area (Å²) in [5.74, 6) is -0.854. The standard InChI is InChI=1S/C24H23FN4O4S/c1-4-33-22(31)20-14(3)26-23(32)27-19(20)12-34-24-28-18-8-6-5-7-16(18)21(30)29(24)15-10-9-13(2)17(25)11-15/h5-11,14H,4,12H2,1-3H3,(H2,26,27,32)/t14-/m1/s1. The third-order valence-corrected chi connectivity index (χ3v) is 6.33. The van der Waals surface area contributed by atoms with E-state index < -0.39 is 23.9 Å². The van der Waals surface area contributed by atoms with Crippen molar-refractivity contribution in [1.29, 1.82) is 0 Å². The fourth-order valence-electron chi connectivity index (χ4n) is 3.69. The minimum Gasteiger partial charge on any atom is -0.463 e. The number of aryl methyl sites for hydroxylation is 1. The number of nitrogens with one attached hydrogen (secondary N) is 2. The van der Waals surface area contributed by atoms with Gasteiger partial charge in [-0.05, 0) is 50.6 Å². The average Bonchev–Trinajstić information content (AvgIpc) is 2.79. The number of hydrogen-bond acceptors (Lipinski definition) is 6. The van der Waals surface area contributed by atoms with Gasteiger partial charge in [0.1, 0.15) is 5.82 Å². The maximum atomic E-state index is 14.4. The van der Waals surface area contributed by atoms with Gasteiger partial charge in [0.25, 0.3) is 5.56 Å². The zero-order chi connectivity index (χ0) is 24.4. The van der Waals surface area contributed by atoms with Crippen LogP contribution in [-0.4, -0.2) is 40.0 Å². The second-order valence-corrected chi connectivity index (χ2v) is 8.65. The molecule has 8 nitrogen and oxygen atoms in total. The number of ether oxygens (including phenoxy) is 1. The Morgan fingerprint density at radius 2 is 2.00 bits per heavy atom. The van der Waals surface area contributed by atoms with Crippen molar-refractivity contribution in [2.45, 2.75) is 32.0 Å². The minimum atomic E-state index is -0.554. The molecule has 1 aliphatic heterocycles. The molecule has 0 saturated heterocycles. The Labute approximate surface area is 199 Å². The predicted octanol–water partition coefficient (Wildman–Crippen LogP) is 3.44. The van der Waals surface area contributed by atoms with E-state index >= 15 is 0 Å². The highest BCUT2D eigenvalue weighted by Crippen LogP contribution is 2.26. The lowest BCUT2D eigenvalue weighted by Crippen LogP contribution is -2.49. The quantitative estimate of drug-likeness (QED) is 0.317. The van der Waals surface area contributed by atoms with Crippen molar-refractivity contribution in [3.63, 3.8) is 0 Å². The molecule has 10 heteroatoms. The molecule has 0 saturated carbocycles. The molecule has 1 aliphatic rings. The number of halogens is 1. The first-order valence-electron chi connectivity index (χ1n) is 10.7. The SMILES string of the molecule is CCOC(=O)C1=C(CSc2nc3ccccc3c(=O)n2-c2ccc(C)c(F)c2)NC(=O)N[C@@H]1C. The molecule has 0 spiro atoms. The monoisotopic (exact) mass is 482 g/mol. The topological polar surface area (TPSA) is 102 Å². The van der Waals surface area contributed by atoms with Crippen molar-refractivity contribution in [2.75, 3.05) is 12.4 Å². The molecule has 3 aromatic rings. The Bertz CT molecular complexity index is 1390. The maximum Gasteiger partial charge on any atom is 0.337 e. The van der Waals surface area contributed by atoms with Gasteiger partial charge in [-0.15, -0.1) is 0 Å². The van der Waals surface area contributed by atoms with Gasteiger partial charge in [-0.2, -0.15) is 0 Å². The van der Waals surface area contributed by atoms with E-state index in [9.17, 15) is 18.8 Å². The van der Waals surface area contributed by atoms with Gasteiger partial charge in [0, 0.05) is 11.4 Å². The van der Waals surface area contributed by atoms with Crippen LogP contribution >= 0.6 is 11.8 Å². The van der Waals surface area contributed by atoms with Gasteiger partial charge < -0.3 is 15.4 Å². The molecule has 4 rings (SSSR count). The van der Waals surface area contributed by atoms with E-state index in [1.54, 1.807) is 57.2 Å². The lowest BCUT2D eigenvalue weighted by Gasteiger charge is -2.26. The number of aromatic nitrogens is 2. The Kier molecular flexibility index (Phi) is 6.69. The summed E-state index contributed by atoms with van der Waals surface area (Å²) < 4.78 is 20.9. The Hall–Kier alpha value is -3.66. The molecule has 1 aromatic heterocycles. The summed E-state index contributed by atoms with van der Waals surface area (Å²) in [6.45, 7) is 5.22. The van der Waals surface area contributed by atoms with E-state index in [1.807, 2.05) is 0 Å². The third-order valence-electron chi connectivity index (χ3n) is 5.37. The van der Waals surface area contributed by atoms with Gasteiger partial charge in [0.15, 0.2) is 5.16 Å². The largest absolute Gasteiger partial charge is 0.463 e. The average molecular weight is 483 g/mol. The molecule has 2 aromatic carbocycles. The number of thioether (sulfide) groups is 1. The Balaban J connectivity index is 1.81. The zero-order valence-corrected chi connectivity index (χ0v) is 19.7. The van der Waals surface area contributed by atoms with E-state index in [4.69, 9.17) is 4.74 Å². The minimum absolute atomic E-state index is 0.130. The fourth-order valence-corrected chi connectivity index (χ4v) is 4.67. The van der Waals surface area contributed by atoms with Crippen LogP contribution in [0.5, 0.6) is 0 Å². The molecule has 1 atom stereocenters. The van der Waals surface area contributed by atoms with Crippen molar-refractivity contribution >= 4 is 34.7 Å². The van der Waals surface area contributed by atoms with Crippen molar-refractivity contribution in [3.05, 3.63) is 75.5 Å². The molecule has 0 bridgehead atoms. The lowest BCUT2D eigenvalue weighted by atomic mass is 10.1. The summed E-state index contributed by atoms with van der Waals surface area (Å²) in [7, 11) is 0. The number of rotatable bonds is 6. The summed E-state index contributed by atoms with van der Waals surface area (Å²) >= 11 is 1.15. The van der Waals surface area contributed by atoms with E-state index in [0.717, 1.165) is 11.8 Å². The Morgan fingerprint density at radius 1 is 1.24 bits per heavy atom. The van der Waals surface area contributed by atoms with Crippen LogP contribution in [0.1, 0.15) is 19.4 Å². The number of urea groups is 1. The van der Waals surface area contributed by atoms with E-state index in [0.29, 0.717) is 38.6 Å². The predicted molar refractivity (Wildman–Crippen MR) is 128 cm³/mol. The molecule has 34 heavy (non-hydrogen) atoms. The van der Waals surface area contributed by atoms with Crippen LogP contribution in [0.25, 0.3) is 16.6 Å². The highest BCUT2D eigenvalue weighted by molar-refractivity contribution is 7.99. The third kappa shape index (κ3) is 4.54. The number of carbonyl (C=O) groups excluding carboxylic acids is 2. The molecule has 0 radical (unpaired) electrons. The van der Waals surface area contributed by atoms with Crippen LogP contribution in [0.15, 0.2) is 63.7 Å². The van der Waals surface area contributed by atoms with Crippen molar-refractivity contribution in [3.8, 4) is 5.69 Å². The number of fused-ring (bicyclic) bond motifs is 1. The van der Waals surface area contributed by atoms with Crippen molar-refractivity contribution in [2.24, 2.45) is 0 Å². The summed E-state index contributed by atoms with van der Waals surface area (Å²) in [6, 6.07) is 10.4. The maximum absolute atomic E-state index is 14.4. The lowest BCUT2D eigenvalue weighted by molar-refractivity contribution is -0.138. The summed E-state index contributed by atoms with van der Waals surface area (Å²) in [5.41, 5.74) is 1.58. The molecule has 2 amide bonds. The summed E-state index contributed by atoms with van der Waals surface area (Å²) in [6.07, 6.45) is 0. The first kappa shape index (κ1) is 23.5. The molecule has 0 unspecified atom stereocenters. The number of para-hydroxylation sites is 1. The highest BCUT2D eigenvalue weighted by atomic mass is 32.2. The number of benzene rings is 2. The zero-order valence-electron chi connectivity index (χ0n) is 18.8. The number of hydrogen-bond donors (Lipinski definition) is 2. The van der Waals surface area contributed by atoms with Gasteiger partial charge in [-0.3, -0.25) is 9.36 Å². The summed E-state index contributed by atoms with van der Waals surface area (Å²) in [5, 5.41) is 6.00. The number of amides is 2. The van der Waals surface area contributed by atoms with Gasteiger partial charge in [-0.1, -0.05) is 30.0 Å². The molecule has 176 valence electrons. The summed E-state index contributed by atoms with van der Waals surface area (Å²) in [4.78, 5) is 42.6. The Morgan fingerprint density at radius 3 is 2.74 bits per heavy atom. The molecular weight excluding hydrogens is 459 g/mol. The molecule has 0 aliphatic carbocycles. The van der Waals surface area contributed by atoms with Crippen LogP contribution in [0, 0.1) is 12.7 Å². The molecular formula is C24H23FN4O4S. The second-order valence-electron chi connectivity index (χ2n) is 7.71. The van der Waals surface area contributed by atoms with Crippen LogP contribution in [0.4, 0.5) is 9.18 Å². The van der Waals surface area contributed by atoms with E-state index in [-0.39, 0.29) is 17.9 Å². The number of nitrogens with zero attached hydrogens (tertiary/aromatic N) is 2. The van der Waals surface area contributed by atoms with Crippen LogP contribution in [-0.2, 0) is 9.53 Å². The molecule has 0 fully saturated rings. The van der Waals surface area contributed by atoms with E-state index in [1.165, 1.54) is 10.6 Å². The molecule has 2 heterocycles. The van der Waals surface area contributed by atoms with Gasteiger partial charge in [0.2, 0.25) is 0 Å². The first-order valence-corrected chi connectivity index (χ1v) is 11.7. The number of carbonyl (C=O) groups is 2. The van der Waals surface area contributed by atoms with Crippen molar-refractivity contribution < 1.29 is 18.7 Å². The number of esters is 1. The fraction of sp³-hybridized carbons (Fsp3) is 0.250.